The molecular weight excluding hydrogens is 399 g/mol. The Morgan fingerprint density at radius 3 is 2.67 bits per heavy atom. The van der Waals surface area contributed by atoms with Crippen molar-refractivity contribution in [3.8, 4) is 0 Å². The van der Waals surface area contributed by atoms with Crippen LogP contribution in [0.5, 0.6) is 0 Å². The standard InChI is InChI=1S/C21H28Cl2N2OS/c22-19-11-15-5-4-6-17(18(15)12-20(19)23)21(26)25-9-10-27-14-16(25)13-24-7-2-1-3-8-24/h11-12,16-17H,1-10,13-14H2/t16-,17+/m1/s1. The fourth-order valence-corrected chi connectivity index (χ4v) is 6.20. The predicted octanol–water partition coefficient (Wildman–Crippen LogP) is 4.84. The molecule has 0 saturated carbocycles. The number of aryl methyl sites for hydroxylation is 1. The van der Waals surface area contributed by atoms with Gasteiger partial charge in [0.2, 0.25) is 5.91 Å². The van der Waals surface area contributed by atoms with Crippen LogP contribution in [0.15, 0.2) is 12.1 Å². The van der Waals surface area contributed by atoms with Gasteiger partial charge in [0.15, 0.2) is 0 Å². The molecule has 0 unspecified atom stereocenters. The highest BCUT2D eigenvalue weighted by molar-refractivity contribution is 7.99. The van der Waals surface area contributed by atoms with Gasteiger partial charge in [-0.2, -0.15) is 11.8 Å². The normalized spacial score (nSPS) is 26.7. The largest absolute Gasteiger partial charge is 0.336 e. The maximum absolute atomic E-state index is 13.6. The van der Waals surface area contributed by atoms with Gasteiger partial charge < -0.3 is 9.80 Å². The Kier molecular flexibility index (Phi) is 6.58. The number of hydrogen-bond donors (Lipinski definition) is 0. The van der Waals surface area contributed by atoms with Gasteiger partial charge in [0.1, 0.15) is 0 Å². The smallest absolute Gasteiger partial charge is 0.230 e. The van der Waals surface area contributed by atoms with Crippen LogP contribution in [0.1, 0.15) is 49.1 Å². The summed E-state index contributed by atoms with van der Waals surface area (Å²) in [5.74, 6) is 2.35. The Morgan fingerprint density at radius 2 is 1.85 bits per heavy atom. The minimum absolute atomic E-state index is 0.0597. The summed E-state index contributed by atoms with van der Waals surface area (Å²) in [6.45, 7) is 4.27. The summed E-state index contributed by atoms with van der Waals surface area (Å²) >= 11 is 14.5. The van der Waals surface area contributed by atoms with Crippen molar-refractivity contribution in [2.24, 2.45) is 0 Å². The van der Waals surface area contributed by atoms with Gasteiger partial charge >= 0.3 is 0 Å². The van der Waals surface area contributed by atoms with Gasteiger partial charge in [0.05, 0.1) is 22.0 Å². The number of piperidine rings is 1. The van der Waals surface area contributed by atoms with Gasteiger partial charge in [0, 0.05) is 24.6 Å². The summed E-state index contributed by atoms with van der Waals surface area (Å²) < 4.78 is 0. The number of carbonyl (C=O) groups is 1. The summed E-state index contributed by atoms with van der Waals surface area (Å²) in [4.78, 5) is 18.3. The Hall–Kier alpha value is -0.420. The Morgan fingerprint density at radius 1 is 1.07 bits per heavy atom. The number of carbonyl (C=O) groups excluding carboxylic acids is 1. The lowest BCUT2D eigenvalue weighted by Crippen LogP contribution is -2.53. The number of thioether (sulfide) groups is 1. The Bertz CT molecular complexity index is 693. The number of rotatable bonds is 3. The van der Waals surface area contributed by atoms with Crippen LogP contribution in [0.25, 0.3) is 0 Å². The summed E-state index contributed by atoms with van der Waals surface area (Å²) in [5, 5.41) is 1.16. The highest BCUT2D eigenvalue weighted by atomic mass is 35.5. The molecule has 1 aromatic carbocycles. The molecule has 0 aromatic heterocycles. The van der Waals surface area contributed by atoms with E-state index in [1.54, 1.807) is 0 Å². The first kappa shape index (κ1) is 19.9. The SMILES string of the molecule is O=C([C@H]1CCCc2cc(Cl)c(Cl)cc21)N1CCSC[C@H]1CN1CCCCC1. The van der Waals surface area contributed by atoms with Gasteiger partial charge in [-0.3, -0.25) is 4.79 Å². The molecule has 148 valence electrons. The molecule has 0 spiro atoms. The number of amides is 1. The molecule has 2 atom stereocenters. The molecule has 2 heterocycles. The third-order valence-corrected chi connectivity index (χ3v) is 8.04. The number of benzene rings is 1. The molecule has 1 aromatic rings. The maximum Gasteiger partial charge on any atom is 0.230 e. The fraction of sp³-hybridized carbons (Fsp3) is 0.667. The molecule has 2 aliphatic heterocycles. The summed E-state index contributed by atoms with van der Waals surface area (Å²) in [6.07, 6.45) is 6.89. The molecule has 1 aliphatic carbocycles. The number of likely N-dealkylation sites (tertiary alicyclic amines) is 1. The van der Waals surface area contributed by atoms with Crippen molar-refractivity contribution in [2.75, 3.05) is 37.7 Å². The quantitative estimate of drug-likeness (QED) is 0.690. The van der Waals surface area contributed by atoms with Crippen LogP contribution in [-0.2, 0) is 11.2 Å². The minimum Gasteiger partial charge on any atom is -0.336 e. The maximum atomic E-state index is 13.6. The lowest BCUT2D eigenvalue weighted by Gasteiger charge is -2.41. The van der Waals surface area contributed by atoms with Gasteiger partial charge in [-0.15, -0.1) is 0 Å². The van der Waals surface area contributed by atoms with E-state index in [2.05, 4.69) is 9.80 Å². The van der Waals surface area contributed by atoms with E-state index in [1.807, 2.05) is 23.9 Å². The van der Waals surface area contributed by atoms with Crippen LogP contribution in [0, 0.1) is 0 Å². The van der Waals surface area contributed by atoms with Crippen molar-refractivity contribution < 1.29 is 4.79 Å². The van der Waals surface area contributed by atoms with E-state index in [-0.39, 0.29) is 5.92 Å². The van der Waals surface area contributed by atoms with Crippen LogP contribution in [0.3, 0.4) is 0 Å². The first-order chi connectivity index (χ1) is 13.1. The highest BCUT2D eigenvalue weighted by Crippen LogP contribution is 2.38. The second kappa shape index (κ2) is 8.94. The molecule has 0 N–H and O–H groups in total. The van der Waals surface area contributed by atoms with Crippen molar-refractivity contribution in [2.45, 2.75) is 50.5 Å². The summed E-state index contributed by atoms with van der Waals surface area (Å²) in [6, 6.07) is 4.25. The van der Waals surface area contributed by atoms with Crippen LogP contribution in [0.4, 0.5) is 0 Å². The topological polar surface area (TPSA) is 23.6 Å². The number of halogens is 2. The van der Waals surface area contributed by atoms with Crippen LogP contribution >= 0.6 is 35.0 Å². The van der Waals surface area contributed by atoms with Crippen LogP contribution in [0.2, 0.25) is 10.0 Å². The fourth-order valence-electron chi connectivity index (χ4n) is 4.79. The number of hydrogen-bond acceptors (Lipinski definition) is 3. The molecule has 0 bridgehead atoms. The lowest BCUT2D eigenvalue weighted by atomic mass is 9.81. The molecule has 0 radical (unpaired) electrons. The van der Waals surface area contributed by atoms with Crippen molar-refractivity contribution in [1.82, 2.24) is 9.80 Å². The summed E-state index contributed by atoms with van der Waals surface area (Å²) in [7, 11) is 0. The molecule has 2 saturated heterocycles. The van der Waals surface area contributed by atoms with Crippen molar-refractivity contribution >= 4 is 40.9 Å². The van der Waals surface area contributed by atoms with E-state index in [1.165, 1.54) is 37.9 Å². The van der Waals surface area contributed by atoms with Gasteiger partial charge in [-0.1, -0.05) is 29.6 Å². The van der Waals surface area contributed by atoms with E-state index < -0.39 is 0 Å². The summed E-state index contributed by atoms with van der Waals surface area (Å²) in [5.41, 5.74) is 2.31. The van der Waals surface area contributed by atoms with Crippen LogP contribution < -0.4 is 0 Å². The van der Waals surface area contributed by atoms with Gasteiger partial charge in [-0.05, 0) is 68.5 Å². The van der Waals surface area contributed by atoms with E-state index in [9.17, 15) is 4.79 Å². The van der Waals surface area contributed by atoms with E-state index in [0.29, 0.717) is 22.0 Å². The first-order valence-corrected chi connectivity index (χ1v) is 12.1. The van der Waals surface area contributed by atoms with Crippen LogP contribution in [-0.4, -0.2) is 59.4 Å². The monoisotopic (exact) mass is 426 g/mol. The van der Waals surface area contributed by atoms with Crippen molar-refractivity contribution in [1.29, 1.82) is 0 Å². The van der Waals surface area contributed by atoms with E-state index in [0.717, 1.165) is 49.4 Å². The lowest BCUT2D eigenvalue weighted by molar-refractivity contribution is -0.135. The average molecular weight is 427 g/mol. The molecular formula is C21H28Cl2N2OS. The number of fused-ring (bicyclic) bond motifs is 1. The average Bonchev–Trinajstić information content (AvgIpc) is 2.69. The zero-order chi connectivity index (χ0) is 18.8. The second-order valence-electron chi connectivity index (χ2n) is 8.03. The van der Waals surface area contributed by atoms with E-state index >= 15 is 0 Å². The highest BCUT2D eigenvalue weighted by Gasteiger charge is 2.35. The van der Waals surface area contributed by atoms with Crippen molar-refractivity contribution in [3.05, 3.63) is 33.3 Å². The van der Waals surface area contributed by atoms with Gasteiger partial charge in [-0.25, -0.2) is 0 Å². The van der Waals surface area contributed by atoms with Crippen molar-refractivity contribution in [3.63, 3.8) is 0 Å². The third-order valence-electron chi connectivity index (χ3n) is 6.22. The minimum atomic E-state index is -0.0597. The van der Waals surface area contributed by atoms with Gasteiger partial charge in [0.25, 0.3) is 0 Å². The second-order valence-corrected chi connectivity index (χ2v) is 10.00. The van der Waals surface area contributed by atoms with E-state index in [4.69, 9.17) is 23.2 Å². The molecule has 27 heavy (non-hydrogen) atoms. The first-order valence-electron chi connectivity index (χ1n) is 10.2. The Labute approximate surface area is 176 Å². The Balaban J connectivity index is 1.53. The zero-order valence-electron chi connectivity index (χ0n) is 15.8. The molecule has 6 heteroatoms. The molecule has 2 fully saturated rings. The molecule has 3 aliphatic rings. The molecule has 4 rings (SSSR count). The number of nitrogens with zero attached hydrogens (tertiary/aromatic N) is 2. The zero-order valence-corrected chi connectivity index (χ0v) is 18.1. The third kappa shape index (κ3) is 4.44. The molecule has 1 amide bonds. The molecule has 3 nitrogen and oxygen atoms in total. The predicted molar refractivity (Wildman–Crippen MR) is 115 cm³/mol.